The fraction of sp³-hybridized carbons (Fsp3) is 0.216. The van der Waals surface area contributed by atoms with Gasteiger partial charge in [-0.3, -0.25) is 19.3 Å². The predicted molar refractivity (Wildman–Crippen MR) is 180 cm³/mol. The summed E-state index contributed by atoms with van der Waals surface area (Å²) < 4.78 is 0. The summed E-state index contributed by atoms with van der Waals surface area (Å²) in [5.74, 6) is 1.37. The third-order valence-electron chi connectivity index (χ3n) is 8.49. The number of hydrogen-bond donors (Lipinski definition) is 1. The van der Waals surface area contributed by atoms with Crippen LogP contribution in [0.4, 0.5) is 17.1 Å². The molecule has 0 spiro atoms. The zero-order chi connectivity index (χ0) is 32.2. The van der Waals surface area contributed by atoms with Crippen molar-refractivity contribution in [1.29, 1.82) is 0 Å². The molecule has 0 aromatic heterocycles. The van der Waals surface area contributed by atoms with Crippen LogP contribution in [0.3, 0.4) is 0 Å². The maximum Gasteiger partial charge on any atom is 0.258 e. The predicted octanol–water partition coefficient (Wildman–Crippen LogP) is 5.22. The van der Waals surface area contributed by atoms with Crippen molar-refractivity contribution < 1.29 is 19.2 Å². The highest BCUT2D eigenvalue weighted by Gasteiger charge is 2.34. The molecule has 2 aliphatic heterocycles. The third kappa shape index (κ3) is 6.19. The number of hydrogen-bond acceptors (Lipinski definition) is 6. The molecule has 232 valence electrons. The van der Waals surface area contributed by atoms with E-state index in [4.69, 9.17) is 0 Å². The summed E-state index contributed by atoms with van der Waals surface area (Å²) in [6, 6.07) is 29.3. The van der Waals surface area contributed by atoms with Gasteiger partial charge >= 0.3 is 0 Å². The highest BCUT2D eigenvalue weighted by molar-refractivity contribution is 6.13. The minimum atomic E-state index is -0.291. The molecule has 1 fully saturated rings. The smallest absolute Gasteiger partial charge is 0.258 e. The van der Waals surface area contributed by atoms with Crippen LogP contribution in [0.2, 0.25) is 0 Å². The van der Waals surface area contributed by atoms with E-state index in [0.29, 0.717) is 41.3 Å². The molecular weight excluding hydrogens is 578 g/mol. The second-order valence-electron chi connectivity index (χ2n) is 11.6. The van der Waals surface area contributed by atoms with E-state index < -0.39 is 0 Å². The van der Waals surface area contributed by atoms with Crippen molar-refractivity contribution in [2.24, 2.45) is 0 Å². The molecule has 0 unspecified atom stereocenters. The summed E-state index contributed by atoms with van der Waals surface area (Å²) in [7, 11) is 2.02. The average molecular weight is 614 g/mol. The molecule has 9 nitrogen and oxygen atoms in total. The first-order valence-electron chi connectivity index (χ1n) is 15.3. The maximum atomic E-state index is 13.9. The number of anilines is 3. The number of carbonyl (C=O) groups is 3. The van der Waals surface area contributed by atoms with Crippen LogP contribution in [0.1, 0.15) is 32.7 Å². The fourth-order valence-electron chi connectivity index (χ4n) is 5.88. The number of fused-ring (bicyclic) bond motifs is 1. The SMILES string of the molecule is Cc1ccc(-c2ccccc2C(=O)Nc2ccc(C(=O)N3CCC(=O)N(C(=C=O)N4CCN(C)CC4)c4ccccc43)cc2)cc1. The molecule has 0 atom stereocenters. The minimum Gasteiger partial charge on any atom is -0.346 e. The van der Waals surface area contributed by atoms with Crippen LogP contribution in [-0.4, -0.2) is 73.2 Å². The van der Waals surface area contributed by atoms with Gasteiger partial charge in [0.1, 0.15) is 0 Å². The lowest BCUT2D eigenvalue weighted by molar-refractivity contribution is -0.118. The van der Waals surface area contributed by atoms with Crippen molar-refractivity contribution in [3.8, 4) is 11.1 Å². The highest BCUT2D eigenvalue weighted by atomic mass is 16.2. The van der Waals surface area contributed by atoms with Crippen LogP contribution >= 0.6 is 0 Å². The Bertz CT molecular complexity index is 1820. The zero-order valence-electron chi connectivity index (χ0n) is 25.9. The summed E-state index contributed by atoms with van der Waals surface area (Å²) in [6.07, 6.45) is 0.0356. The summed E-state index contributed by atoms with van der Waals surface area (Å²) in [5, 5.41) is 2.95. The van der Waals surface area contributed by atoms with Crippen molar-refractivity contribution in [2.75, 3.05) is 54.9 Å². The molecule has 2 aliphatic rings. The van der Waals surface area contributed by atoms with E-state index in [-0.39, 0.29) is 36.5 Å². The van der Waals surface area contributed by atoms with E-state index in [9.17, 15) is 19.2 Å². The Kier molecular flexibility index (Phi) is 8.79. The van der Waals surface area contributed by atoms with Crippen molar-refractivity contribution in [3.63, 3.8) is 0 Å². The van der Waals surface area contributed by atoms with E-state index >= 15 is 0 Å². The van der Waals surface area contributed by atoms with E-state index in [1.807, 2.05) is 67.3 Å². The standard InChI is InChI=1S/C37H35N5O4/c1-26-11-13-27(14-12-26)30-7-3-4-8-31(30)36(45)38-29-17-15-28(16-18-29)37(46)41-20-19-35(44)42(33-10-6-5-9-32(33)41)34(25-43)40-23-21-39(2)22-24-40/h3-18H,19-24H2,1-2H3,(H,38,45). The molecular formula is C37H35N5O4. The molecule has 2 heterocycles. The van der Waals surface area contributed by atoms with Crippen molar-refractivity contribution in [2.45, 2.75) is 13.3 Å². The average Bonchev–Trinajstić information content (AvgIpc) is 3.22. The van der Waals surface area contributed by atoms with Crippen LogP contribution in [0, 0.1) is 6.92 Å². The molecule has 0 saturated carbocycles. The normalized spacial score (nSPS) is 15.1. The van der Waals surface area contributed by atoms with Crippen LogP contribution in [0.25, 0.3) is 11.1 Å². The second-order valence-corrected chi connectivity index (χ2v) is 11.6. The monoisotopic (exact) mass is 613 g/mol. The van der Waals surface area contributed by atoms with Gasteiger partial charge < -0.3 is 20.0 Å². The number of aryl methyl sites for hydroxylation is 1. The lowest BCUT2D eigenvalue weighted by Crippen LogP contribution is -2.48. The van der Waals surface area contributed by atoms with Gasteiger partial charge in [0.25, 0.3) is 11.8 Å². The topological polar surface area (TPSA) is 93.3 Å². The largest absolute Gasteiger partial charge is 0.346 e. The van der Waals surface area contributed by atoms with E-state index in [1.54, 1.807) is 59.5 Å². The Morgan fingerprint density at radius 3 is 2.11 bits per heavy atom. The molecule has 6 rings (SSSR count). The summed E-state index contributed by atoms with van der Waals surface area (Å²) >= 11 is 0. The second kappa shape index (κ2) is 13.2. The number of nitrogens with one attached hydrogen (secondary N) is 1. The van der Waals surface area contributed by atoms with Gasteiger partial charge in [-0.15, -0.1) is 0 Å². The summed E-state index contributed by atoms with van der Waals surface area (Å²) in [5.41, 5.74) is 5.41. The lowest BCUT2D eigenvalue weighted by Gasteiger charge is -2.37. The Labute approximate surface area is 268 Å². The number of rotatable bonds is 6. The molecule has 1 N–H and O–H groups in total. The number of nitrogens with zero attached hydrogens (tertiary/aromatic N) is 4. The van der Waals surface area contributed by atoms with E-state index in [0.717, 1.165) is 29.8 Å². The van der Waals surface area contributed by atoms with E-state index in [1.165, 1.54) is 4.90 Å². The molecule has 46 heavy (non-hydrogen) atoms. The molecule has 4 aromatic carbocycles. The lowest BCUT2D eigenvalue weighted by atomic mass is 9.98. The Morgan fingerprint density at radius 1 is 0.761 bits per heavy atom. The summed E-state index contributed by atoms with van der Waals surface area (Å²) in [6.45, 7) is 4.87. The van der Waals surface area contributed by atoms with Gasteiger partial charge in [-0.05, 0) is 67.6 Å². The van der Waals surface area contributed by atoms with E-state index in [2.05, 4.69) is 10.2 Å². The first kappa shape index (κ1) is 30.5. The summed E-state index contributed by atoms with van der Waals surface area (Å²) in [4.78, 5) is 60.0. The van der Waals surface area contributed by atoms with Crippen molar-refractivity contribution in [1.82, 2.24) is 9.80 Å². The zero-order valence-corrected chi connectivity index (χ0v) is 25.9. The Hall–Kier alpha value is -5.50. The van der Waals surface area contributed by atoms with Gasteiger partial charge in [-0.1, -0.05) is 60.2 Å². The van der Waals surface area contributed by atoms with Crippen LogP contribution in [-0.2, 0) is 9.59 Å². The number of amides is 3. The molecule has 0 aliphatic carbocycles. The number of para-hydroxylation sites is 2. The molecule has 4 aromatic rings. The third-order valence-corrected chi connectivity index (χ3v) is 8.49. The first-order chi connectivity index (χ1) is 22.3. The van der Waals surface area contributed by atoms with Gasteiger partial charge in [0.2, 0.25) is 11.7 Å². The van der Waals surface area contributed by atoms with Gasteiger partial charge in [-0.2, -0.15) is 0 Å². The molecule has 3 amide bonds. The Morgan fingerprint density at radius 2 is 1.41 bits per heavy atom. The minimum absolute atomic E-state index is 0.0356. The van der Waals surface area contributed by atoms with Crippen LogP contribution in [0.5, 0.6) is 0 Å². The molecule has 0 bridgehead atoms. The quantitative estimate of drug-likeness (QED) is 0.300. The number of piperazine rings is 1. The highest BCUT2D eigenvalue weighted by Crippen LogP contribution is 2.36. The maximum absolute atomic E-state index is 13.9. The first-order valence-corrected chi connectivity index (χ1v) is 15.3. The number of carbonyl (C=O) groups excluding carboxylic acids is 4. The number of likely N-dealkylation sites (N-methyl/N-ethyl adjacent to an activating group) is 1. The van der Waals surface area contributed by atoms with Crippen molar-refractivity contribution >= 4 is 40.7 Å². The molecule has 0 radical (unpaired) electrons. The molecule has 1 saturated heterocycles. The fourth-order valence-corrected chi connectivity index (χ4v) is 5.88. The van der Waals surface area contributed by atoms with Gasteiger partial charge in [0.05, 0.1) is 11.4 Å². The van der Waals surface area contributed by atoms with Gasteiger partial charge in [0.15, 0.2) is 5.94 Å². The van der Waals surface area contributed by atoms with Gasteiger partial charge in [0, 0.05) is 56.0 Å². The number of benzene rings is 4. The van der Waals surface area contributed by atoms with Gasteiger partial charge in [-0.25, -0.2) is 4.79 Å². The van der Waals surface area contributed by atoms with Crippen molar-refractivity contribution in [3.05, 3.63) is 120 Å². The van der Waals surface area contributed by atoms with Crippen LogP contribution in [0.15, 0.2) is 103 Å². The Balaban J connectivity index is 1.22. The van der Waals surface area contributed by atoms with Crippen LogP contribution < -0.4 is 15.1 Å². The molecule has 9 heteroatoms.